The molecule has 2 aromatic carbocycles. The molecule has 0 saturated carbocycles. The number of halogens is 2. The van der Waals surface area contributed by atoms with E-state index < -0.39 is 0 Å². The van der Waals surface area contributed by atoms with Crippen LogP contribution in [-0.4, -0.2) is 10.1 Å². The number of nitrogens with zero attached hydrogens (tertiary/aromatic N) is 2. The third-order valence-electron chi connectivity index (χ3n) is 4.22. The Labute approximate surface area is 166 Å². The minimum atomic E-state index is -0.180. The normalized spacial score (nSPS) is 11.9. The topological polar surface area (TPSA) is 64.9 Å². The summed E-state index contributed by atoms with van der Waals surface area (Å²) in [6.07, 6.45) is 2.45. The quantitative estimate of drug-likeness (QED) is 0.476. The van der Waals surface area contributed by atoms with Gasteiger partial charge in [0, 0.05) is 34.4 Å². The smallest absolute Gasteiger partial charge is 0.168 e. The van der Waals surface area contributed by atoms with Crippen LogP contribution >= 0.6 is 28.3 Å². The van der Waals surface area contributed by atoms with Crippen LogP contribution in [0.4, 0.5) is 0 Å². The van der Waals surface area contributed by atoms with Gasteiger partial charge in [0.05, 0.1) is 5.39 Å². The molecule has 2 aromatic heterocycles. The molecule has 26 heavy (non-hydrogen) atoms. The second-order valence-electron chi connectivity index (χ2n) is 5.86. The van der Waals surface area contributed by atoms with Gasteiger partial charge in [0.15, 0.2) is 5.58 Å². The van der Waals surface area contributed by atoms with Crippen molar-refractivity contribution in [1.82, 2.24) is 10.1 Å². The largest absolute Gasteiger partial charge is 0.356 e. The lowest BCUT2D eigenvalue weighted by Crippen LogP contribution is -2.15. The molecule has 1 atom stereocenters. The fourth-order valence-corrected chi connectivity index (χ4v) is 3.56. The highest BCUT2D eigenvalue weighted by Crippen LogP contribution is 2.36. The van der Waals surface area contributed by atoms with E-state index >= 15 is 0 Å². The lowest BCUT2D eigenvalue weighted by Gasteiger charge is -2.15. The summed E-state index contributed by atoms with van der Waals surface area (Å²) in [6, 6.07) is 19.6. The number of aromatic nitrogens is 2. The van der Waals surface area contributed by atoms with Gasteiger partial charge in [-0.2, -0.15) is 0 Å². The number of hydrogen-bond acceptors (Lipinski definition) is 4. The number of pyridine rings is 1. The predicted octanol–water partition coefficient (Wildman–Crippen LogP) is 5.32. The Morgan fingerprint density at radius 1 is 1.00 bits per heavy atom. The van der Waals surface area contributed by atoms with Gasteiger partial charge in [-0.25, -0.2) is 0 Å². The summed E-state index contributed by atoms with van der Waals surface area (Å²) in [5.41, 5.74) is 11.0. The summed E-state index contributed by atoms with van der Waals surface area (Å²) < 4.78 is 6.46. The third kappa shape index (κ3) is 3.51. The third-order valence-corrected chi connectivity index (χ3v) is 4.88. The van der Waals surface area contributed by atoms with Crippen molar-refractivity contribution in [2.75, 3.05) is 0 Å². The van der Waals surface area contributed by atoms with Crippen molar-refractivity contribution in [2.24, 2.45) is 5.73 Å². The molecule has 0 aliphatic heterocycles. The van der Waals surface area contributed by atoms with E-state index in [1.54, 1.807) is 6.20 Å². The van der Waals surface area contributed by atoms with Crippen LogP contribution in [-0.2, 0) is 6.42 Å². The molecule has 132 valence electrons. The van der Waals surface area contributed by atoms with E-state index in [0.717, 1.165) is 38.0 Å². The lowest BCUT2D eigenvalue weighted by atomic mass is 9.94. The summed E-state index contributed by atoms with van der Waals surface area (Å²) in [5, 5.41) is 5.26. The average Bonchev–Trinajstić information content (AvgIpc) is 3.08. The maximum Gasteiger partial charge on any atom is 0.168 e. The molecule has 0 amide bonds. The number of hydrogen-bond donors (Lipinski definition) is 1. The second-order valence-corrected chi connectivity index (χ2v) is 6.72. The number of nitrogens with two attached hydrogens (primary N) is 1. The van der Waals surface area contributed by atoms with Crippen molar-refractivity contribution in [3.8, 4) is 11.3 Å². The number of rotatable bonds is 4. The van der Waals surface area contributed by atoms with Crippen LogP contribution in [0.5, 0.6) is 0 Å². The van der Waals surface area contributed by atoms with E-state index in [0.29, 0.717) is 6.42 Å². The fourth-order valence-electron chi connectivity index (χ4n) is 3.02. The Hall–Kier alpha value is -2.21. The first-order chi connectivity index (χ1) is 12.2. The molecule has 0 aliphatic rings. The van der Waals surface area contributed by atoms with Crippen molar-refractivity contribution < 1.29 is 4.52 Å². The molecule has 2 N–H and O–H groups in total. The van der Waals surface area contributed by atoms with Crippen LogP contribution in [0.3, 0.4) is 0 Å². The van der Waals surface area contributed by atoms with Gasteiger partial charge in [-0.05, 0) is 45.8 Å². The Kier molecular flexibility index (Phi) is 5.71. The Morgan fingerprint density at radius 3 is 2.62 bits per heavy atom. The first kappa shape index (κ1) is 18.6. The minimum Gasteiger partial charge on any atom is -0.356 e. The van der Waals surface area contributed by atoms with E-state index in [9.17, 15) is 0 Å². The van der Waals surface area contributed by atoms with E-state index in [-0.39, 0.29) is 18.4 Å². The van der Waals surface area contributed by atoms with Crippen LogP contribution < -0.4 is 5.73 Å². The summed E-state index contributed by atoms with van der Waals surface area (Å²) in [4.78, 5) is 4.38. The summed E-state index contributed by atoms with van der Waals surface area (Å²) in [7, 11) is 0. The molecule has 1 unspecified atom stereocenters. The average molecular weight is 431 g/mol. The van der Waals surface area contributed by atoms with E-state index in [4.69, 9.17) is 10.3 Å². The van der Waals surface area contributed by atoms with Crippen LogP contribution in [0.1, 0.15) is 17.3 Å². The highest BCUT2D eigenvalue weighted by atomic mass is 79.9. The number of benzene rings is 2. The van der Waals surface area contributed by atoms with Gasteiger partial charge in [0.2, 0.25) is 0 Å². The van der Waals surface area contributed by atoms with Gasteiger partial charge in [-0.15, -0.1) is 12.4 Å². The Morgan fingerprint density at radius 2 is 1.81 bits per heavy atom. The van der Waals surface area contributed by atoms with Gasteiger partial charge in [-0.1, -0.05) is 41.6 Å². The Bertz CT molecular complexity index is 1020. The van der Waals surface area contributed by atoms with Crippen LogP contribution in [0.25, 0.3) is 22.2 Å². The first-order valence-electron chi connectivity index (χ1n) is 8.02. The van der Waals surface area contributed by atoms with Gasteiger partial charge >= 0.3 is 0 Å². The fraction of sp³-hybridized carbons (Fsp3) is 0.100. The van der Waals surface area contributed by atoms with Gasteiger partial charge in [-0.3, -0.25) is 4.98 Å². The van der Waals surface area contributed by atoms with Crippen molar-refractivity contribution in [3.05, 3.63) is 82.6 Å². The monoisotopic (exact) mass is 429 g/mol. The summed E-state index contributed by atoms with van der Waals surface area (Å²) in [6.45, 7) is 0. The maximum absolute atomic E-state index is 6.51. The molecule has 0 bridgehead atoms. The molecular formula is C20H17BrClN3O. The van der Waals surface area contributed by atoms with Crippen molar-refractivity contribution in [2.45, 2.75) is 12.5 Å². The van der Waals surface area contributed by atoms with E-state index in [1.807, 2.05) is 60.7 Å². The summed E-state index contributed by atoms with van der Waals surface area (Å²) >= 11 is 3.60. The van der Waals surface area contributed by atoms with Crippen molar-refractivity contribution in [1.29, 1.82) is 0 Å². The van der Waals surface area contributed by atoms with Crippen LogP contribution in [0.15, 0.2) is 75.9 Å². The van der Waals surface area contributed by atoms with E-state index in [1.165, 1.54) is 0 Å². The molecule has 0 fully saturated rings. The lowest BCUT2D eigenvalue weighted by molar-refractivity contribution is 0.459. The first-order valence-corrected chi connectivity index (χ1v) is 8.82. The predicted molar refractivity (Wildman–Crippen MR) is 109 cm³/mol. The molecule has 4 rings (SSSR count). The highest BCUT2D eigenvalue weighted by molar-refractivity contribution is 9.10. The molecule has 2 heterocycles. The molecule has 0 saturated heterocycles. The van der Waals surface area contributed by atoms with Crippen LogP contribution in [0, 0.1) is 0 Å². The van der Waals surface area contributed by atoms with Gasteiger partial charge in [0.25, 0.3) is 0 Å². The van der Waals surface area contributed by atoms with Crippen molar-refractivity contribution >= 4 is 39.3 Å². The summed E-state index contributed by atoms with van der Waals surface area (Å²) in [5.74, 6) is 0. The zero-order chi connectivity index (χ0) is 17.2. The zero-order valence-corrected chi connectivity index (χ0v) is 16.2. The van der Waals surface area contributed by atoms with Crippen LogP contribution in [0.2, 0.25) is 0 Å². The second kappa shape index (κ2) is 7.99. The Balaban J connectivity index is 0.00000196. The SMILES string of the molecule is Cl.NC(Cc1ccccn1)c1ccccc1-c1noc2cccc(Br)c12. The molecular weight excluding hydrogens is 414 g/mol. The molecule has 0 radical (unpaired) electrons. The van der Waals surface area contributed by atoms with Gasteiger partial charge in [0.1, 0.15) is 5.69 Å². The molecule has 4 aromatic rings. The van der Waals surface area contributed by atoms with E-state index in [2.05, 4.69) is 26.1 Å². The molecule has 0 aliphatic carbocycles. The minimum absolute atomic E-state index is 0. The molecule has 0 spiro atoms. The van der Waals surface area contributed by atoms with Gasteiger partial charge < -0.3 is 10.3 Å². The van der Waals surface area contributed by atoms with Crippen molar-refractivity contribution in [3.63, 3.8) is 0 Å². The molecule has 4 nitrogen and oxygen atoms in total. The maximum atomic E-state index is 6.51. The highest BCUT2D eigenvalue weighted by Gasteiger charge is 2.19. The standard InChI is InChI=1S/C20H16BrN3O.ClH/c21-16-9-5-10-18-19(16)20(24-25-18)15-8-2-1-7-14(15)17(22)12-13-6-3-4-11-23-13;/h1-11,17H,12,22H2;1H. The molecule has 6 heteroatoms. The zero-order valence-electron chi connectivity index (χ0n) is 13.8. The number of fused-ring (bicyclic) bond motifs is 1.